The van der Waals surface area contributed by atoms with Gasteiger partial charge >= 0.3 is 0 Å². The molecule has 0 amide bonds. The minimum Gasteiger partial charge on any atom is -0.548 e. The van der Waals surface area contributed by atoms with Crippen molar-refractivity contribution < 1.29 is 4.43 Å². The van der Waals surface area contributed by atoms with Crippen molar-refractivity contribution in [2.24, 2.45) is 0 Å². The van der Waals surface area contributed by atoms with Crippen LogP contribution in [0.1, 0.15) is 25.7 Å². The van der Waals surface area contributed by atoms with Gasteiger partial charge in [0.15, 0.2) is 0 Å². The van der Waals surface area contributed by atoms with Gasteiger partial charge < -0.3 is 4.43 Å². The Morgan fingerprint density at radius 3 is 2.25 bits per heavy atom. The van der Waals surface area contributed by atoms with Crippen molar-refractivity contribution in [1.29, 1.82) is 0 Å². The topological polar surface area (TPSA) is 9.23 Å². The van der Waals surface area contributed by atoms with Crippen molar-refractivity contribution in [3.05, 3.63) is 19.3 Å². The molecule has 71 valence electrons. The maximum absolute atomic E-state index is 5.71. The first-order valence-corrected chi connectivity index (χ1v) is 8.02. The Labute approximate surface area is 78.0 Å². The summed E-state index contributed by atoms with van der Waals surface area (Å²) in [5.41, 5.74) is 0. The molecule has 1 radical (unpaired) electrons. The van der Waals surface area contributed by atoms with Crippen LogP contribution in [0, 0.1) is 6.92 Å². The molecule has 0 saturated carbocycles. The number of allylic oxidation sites excluding steroid dienone is 1. The Kier molecular flexibility index (Phi) is 5.30. The molecule has 2 heteroatoms. The van der Waals surface area contributed by atoms with Gasteiger partial charge in [0.2, 0.25) is 8.32 Å². The summed E-state index contributed by atoms with van der Waals surface area (Å²) in [5, 5.41) is 0. The lowest BCUT2D eigenvalue weighted by Gasteiger charge is -2.20. The van der Waals surface area contributed by atoms with Gasteiger partial charge in [0.05, 0.1) is 5.76 Å². The van der Waals surface area contributed by atoms with E-state index in [1.54, 1.807) is 0 Å². The lowest BCUT2D eigenvalue weighted by Crippen LogP contribution is -2.24. The first-order chi connectivity index (χ1) is 5.45. The molecule has 0 aliphatic carbocycles. The Morgan fingerprint density at radius 1 is 1.25 bits per heavy atom. The van der Waals surface area contributed by atoms with E-state index in [1.165, 1.54) is 6.42 Å². The molecule has 0 aliphatic rings. The van der Waals surface area contributed by atoms with Crippen LogP contribution in [0.4, 0.5) is 0 Å². The Balaban J connectivity index is 3.47. The van der Waals surface area contributed by atoms with Crippen LogP contribution in [0.15, 0.2) is 12.3 Å². The average Bonchev–Trinajstić information content (AvgIpc) is 1.84. The molecule has 12 heavy (non-hydrogen) atoms. The summed E-state index contributed by atoms with van der Waals surface area (Å²) in [6.07, 6.45) is 4.35. The standard InChI is InChI=1S/C10H21OSi/c1-6-7-8-9-10(2)11-12(3,4)5/h1-2,6-9H2,3-5H3. The molecular weight excluding hydrogens is 164 g/mol. The van der Waals surface area contributed by atoms with Crippen molar-refractivity contribution in [3.8, 4) is 0 Å². The van der Waals surface area contributed by atoms with Crippen LogP contribution in [0.2, 0.25) is 19.6 Å². The van der Waals surface area contributed by atoms with Crippen molar-refractivity contribution in [2.45, 2.75) is 45.3 Å². The fourth-order valence-corrected chi connectivity index (χ4v) is 1.95. The van der Waals surface area contributed by atoms with Crippen LogP contribution >= 0.6 is 0 Å². The summed E-state index contributed by atoms with van der Waals surface area (Å²) in [6.45, 7) is 14.2. The SMILES string of the molecule is [CH2]CCCCC(=C)O[Si](C)(C)C. The third-order valence-corrected chi connectivity index (χ3v) is 2.31. The number of unbranched alkanes of at least 4 members (excludes halogenated alkanes) is 2. The van der Waals surface area contributed by atoms with E-state index in [1.807, 2.05) is 0 Å². The third kappa shape index (κ3) is 7.86. The molecule has 0 N–H and O–H groups in total. The minimum absolute atomic E-state index is 0.961. The lowest BCUT2D eigenvalue weighted by molar-refractivity contribution is 0.396. The fourth-order valence-electron chi connectivity index (χ4n) is 0.983. The van der Waals surface area contributed by atoms with Crippen LogP contribution in [0.3, 0.4) is 0 Å². The number of rotatable bonds is 6. The fraction of sp³-hybridized carbons (Fsp3) is 0.700. The highest BCUT2D eigenvalue weighted by Gasteiger charge is 2.16. The summed E-state index contributed by atoms with van der Waals surface area (Å²) in [6, 6.07) is 0. The summed E-state index contributed by atoms with van der Waals surface area (Å²) < 4.78 is 5.71. The highest BCUT2D eigenvalue weighted by Crippen LogP contribution is 2.14. The van der Waals surface area contributed by atoms with Crippen LogP contribution in [0.25, 0.3) is 0 Å². The van der Waals surface area contributed by atoms with Gasteiger partial charge in [-0.1, -0.05) is 26.3 Å². The van der Waals surface area contributed by atoms with Crippen LogP contribution < -0.4 is 0 Å². The second-order valence-electron chi connectivity index (χ2n) is 4.06. The molecular formula is C10H21OSi. The van der Waals surface area contributed by atoms with E-state index in [0.717, 1.165) is 25.0 Å². The van der Waals surface area contributed by atoms with Gasteiger partial charge in [0, 0.05) is 6.42 Å². The lowest BCUT2D eigenvalue weighted by atomic mass is 10.2. The van der Waals surface area contributed by atoms with Crippen LogP contribution in [-0.4, -0.2) is 8.32 Å². The van der Waals surface area contributed by atoms with E-state index in [4.69, 9.17) is 4.43 Å². The summed E-state index contributed by atoms with van der Waals surface area (Å²) in [4.78, 5) is 0. The highest BCUT2D eigenvalue weighted by molar-refractivity contribution is 6.70. The quantitative estimate of drug-likeness (QED) is 0.348. The van der Waals surface area contributed by atoms with Gasteiger partial charge in [0.25, 0.3) is 0 Å². The zero-order chi connectivity index (χ0) is 9.61. The molecule has 0 heterocycles. The zero-order valence-electron chi connectivity index (χ0n) is 8.65. The van der Waals surface area contributed by atoms with Gasteiger partial charge in [-0.2, -0.15) is 0 Å². The highest BCUT2D eigenvalue weighted by atomic mass is 28.4. The van der Waals surface area contributed by atoms with Crippen molar-refractivity contribution >= 4 is 8.32 Å². The second kappa shape index (κ2) is 5.41. The molecule has 0 bridgehead atoms. The predicted octanol–water partition coefficient (Wildman–Crippen LogP) is 3.75. The molecule has 0 spiro atoms. The molecule has 0 atom stereocenters. The van der Waals surface area contributed by atoms with Crippen LogP contribution in [0.5, 0.6) is 0 Å². The second-order valence-corrected chi connectivity index (χ2v) is 8.49. The van der Waals surface area contributed by atoms with Gasteiger partial charge in [-0.05, 0) is 26.1 Å². The Morgan fingerprint density at radius 2 is 1.83 bits per heavy atom. The summed E-state index contributed by atoms with van der Waals surface area (Å²) >= 11 is 0. The van der Waals surface area contributed by atoms with Gasteiger partial charge in [-0.25, -0.2) is 0 Å². The summed E-state index contributed by atoms with van der Waals surface area (Å²) in [7, 11) is -1.40. The molecule has 0 aromatic heterocycles. The van der Waals surface area contributed by atoms with E-state index in [9.17, 15) is 0 Å². The number of hydrogen-bond acceptors (Lipinski definition) is 1. The maximum atomic E-state index is 5.71. The van der Waals surface area contributed by atoms with E-state index in [0.29, 0.717) is 0 Å². The summed E-state index contributed by atoms with van der Waals surface area (Å²) in [5.74, 6) is 0.961. The molecule has 0 aromatic rings. The smallest absolute Gasteiger partial charge is 0.241 e. The molecule has 0 unspecified atom stereocenters. The van der Waals surface area contributed by atoms with Crippen molar-refractivity contribution in [1.82, 2.24) is 0 Å². The van der Waals surface area contributed by atoms with E-state index < -0.39 is 8.32 Å². The zero-order valence-corrected chi connectivity index (χ0v) is 9.65. The molecule has 0 aliphatic heterocycles. The molecule has 0 aromatic carbocycles. The van der Waals surface area contributed by atoms with Gasteiger partial charge in [-0.3, -0.25) is 0 Å². The minimum atomic E-state index is -1.40. The van der Waals surface area contributed by atoms with Gasteiger partial charge in [-0.15, -0.1) is 0 Å². The monoisotopic (exact) mass is 185 g/mol. The Hall–Kier alpha value is -0.243. The molecule has 0 rings (SSSR count). The van der Waals surface area contributed by atoms with Crippen molar-refractivity contribution in [3.63, 3.8) is 0 Å². The first kappa shape index (κ1) is 11.8. The van der Waals surface area contributed by atoms with Crippen molar-refractivity contribution in [2.75, 3.05) is 0 Å². The molecule has 0 saturated heterocycles. The third-order valence-electron chi connectivity index (χ3n) is 1.41. The normalized spacial score (nSPS) is 11.3. The molecule has 1 nitrogen and oxygen atoms in total. The van der Waals surface area contributed by atoms with E-state index in [-0.39, 0.29) is 0 Å². The number of hydrogen-bond donors (Lipinski definition) is 0. The largest absolute Gasteiger partial charge is 0.548 e. The van der Waals surface area contributed by atoms with Crippen LogP contribution in [-0.2, 0) is 4.43 Å². The average molecular weight is 185 g/mol. The maximum Gasteiger partial charge on any atom is 0.241 e. The Bertz CT molecular complexity index is 135. The predicted molar refractivity (Wildman–Crippen MR) is 57.4 cm³/mol. The van der Waals surface area contributed by atoms with Gasteiger partial charge in [0.1, 0.15) is 0 Å². The first-order valence-electron chi connectivity index (χ1n) is 4.62. The molecule has 0 fully saturated rings. The van der Waals surface area contributed by atoms with E-state index >= 15 is 0 Å². The van der Waals surface area contributed by atoms with E-state index in [2.05, 4.69) is 33.1 Å².